The molecule has 0 aromatic rings. The molecule has 0 bridgehead atoms. The van der Waals surface area contributed by atoms with Gasteiger partial charge in [0.15, 0.2) is 0 Å². The van der Waals surface area contributed by atoms with Crippen LogP contribution in [0.15, 0.2) is 4.99 Å². The molecule has 1 rings (SSSR count). The average molecular weight is 352 g/mol. The second-order valence-corrected chi connectivity index (χ2v) is 8.25. The summed E-state index contributed by atoms with van der Waals surface area (Å²) in [5.41, 5.74) is 5.66. The zero-order chi connectivity index (χ0) is 18.2. The Kier molecular flexibility index (Phi) is 14.1. The predicted octanol–water partition coefficient (Wildman–Crippen LogP) is 5.78. The molecular formula is C22H45N3. The van der Waals surface area contributed by atoms with Crippen molar-refractivity contribution in [1.82, 2.24) is 4.90 Å². The van der Waals surface area contributed by atoms with Gasteiger partial charge in [-0.15, -0.1) is 0 Å². The van der Waals surface area contributed by atoms with E-state index in [0.29, 0.717) is 0 Å². The molecule has 1 heterocycles. The Labute approximate surface area is 157 Å². The predicted molar refractivity (Wildman–Crippen MR) is 112 cm³/mol. The van der Waals surface area contributed by atoms with E-state index in [1.165, 1.54) is 89.3 Å². The minimum Gasteiger partial charge on any atom is -0.357 e. The van der Waals surface area contributed by atoms with Crippen molar-refractivity contribution in [2.24, 2.45) is 16.6 Å². The standard InChI is InChI=1S/C22H45N3/c1-21(2)15-13-11-9-7-5-3-4-6-8-10-12-14-16-22-24-18-20-25(22)19-17-23/h21H,3-20,23H2,1-2H3. The van der Waals surface area contributed by atoms with Crippen LogP contribution >= 0.6 is 0 Å². The van der Waals surface area contributed by atoms with Gasteiger partial charge in [-0.05, 0) is 12.3 Å². The Balaban J connectivity index is 1.78. The van der Waals surface area contributed by atoms with Crippen molar-refractivity contribution >= 4 is 5.84 Å². The van der Waals surface area contributed by atoms with Crippen LogP contribution in [0, 0.1) is 5.92 Å². The Morgan fingerprint density at radius 2 is 1.36 bits per heavy atom. The van der Waals surface area contributed by atoms with Crippen LogP contribution in [0.1, 0.15) is 104 Å². The van der Waals surface area contributed by atoms with Gasteiger partial charge in [0.2, 0.25) is 0 Å². The molecule has 0 aliphatic carbocycles. The van der Waals surface area contributed by atoms with E-state index in [1.807, 2.05) is 0 Å². The molecule has 0 saturated carbocycles. The quantitative estimate of drug-likeness (QED) is 0.338. The lowest BCUT2D eigenvalue weighted by Crippen LogP contribution is -2.32. The van der Waals surface area contributed by atoms with Crippen LogP contribution in [0.4, 0.5) is 0 Å². The van der Waals surface area contributed by atoms with E-state index in [9.17, 15) is 0 Å². The molecule has 3 heteroatoms. The number of rotatable bonds is 17. The summed E-state index contributed by atoms with van der Waals surface area (Å²) in [5, 5.41) is 0. The van der Waals surface area contributed by atoms with Gasteiger partial charge in [0.1, 0.15) is 0 Å². The summed E-state index contributed by atoms with van der Waals surface area (Å²) in [6, 6.07) is 0. The molecule has 0 saturated heterocycles. The molecule has 0 unspecified atom stereocenters. The molecule has 148 valence electrons. The first-order valence-electron chi connectivity index (χ1n) is 11.2. The van der Waals surface area contributed by atoms with E-state index in [4.69, 9.17) is 5.73 Å². The fourth-order valence-corrected chi connectivity index (χ4v) is 3.77. The molecule has 1 aliphatic rings. The van der Waals surface area contributed by atoms with Crippen molar-refractivity contribution in [2.45, 2.75) is 104 Å². The number of amidine groups is 1. The Bertz CT molecular complexity index is 325. The smallest absolute Gasteiger partial charge is 0.0990 e. The van der Waals surface area contributed by atoms with Gasteiger partial charge in [-0.1, -0.05) is 90.9 Å². The van der Waals surface area contributed by atoms with Crippen LogP contribution in [0.25, 0.3) is 0 Å². The molecule has 2 N–H and O–H groups in total. The van der Waals surface area contributed by atoms with Crippen molar-refractivity contribution in [3.63, 3.8) is 0 Å². The maximum Gasteiger partial charge on any atom is 0.0990 e. The Morgan fingerprint density at radius 1 is 0.840 bits per heavy atom. The molecule has 0 radical (unpaired) electrons. The highest BCUT2D eigenvalue weighted by atomic mass is 15.2. The molecule has 3 nitrogen and oxygen atoms in total. The van der Waals surface area contributed by atoms with Crippen LogP contribution in [-0.2, 0) is 0 Å². The summed E-state index contributed by atoms with van der Waals surface area (Å²) < 4.78 is 0. The lowest BCUT2D eigenvalue weighted by molar-refractivity contribution is 0.455. The summed E-state index contributed by atoms with van der Waals surface area (Å²) in [7, 11) is 0. The normalized spacial score (nSPS) is 14.6. The first kappa shape index (κ1) is 22.5. The van der Waals surface area contributed by atoms with E-state index >= 15 is 0 Å². The fraction of sp³-hybridized carbons (Fsp3) is 0.955. The number of hydrogen-bond acceptors (Lipinski definition) is 3. The van der Waals surface area contributed by atoms with Crippen LogP contribution in [-0.4, -0.2) is 36.9 Å². The first-order valence-corrected chi connectivity index (χ1v) is 11.2. The van der Waals surface area contributed by atoms with E-state index in [-0.39, 0.29) is 0 Å². The van der Waals surface area contributed by atoms with Crippen molar-refractivity contribution < 1.29 is 0 Å². The summed E-state index contributed by atoms with van der Waals surface area (Å²) in [6.45, 7) is 8.46. The van der Waals surface area contributed by atoms with Crippen LogP contribution in [0.5, 0.6) is 0 Å². The van der Waals surface area contributed by atoms with Gasteiger partial charge in [0, 0.05) is 26.1 Å². The maximum absolute atomic E-state index is 5.66. The van der Waals surface area contributed by atoms with Gasteiger partial charge in [0.05, 0.1) is 12.4 Å². The van der Waals surface area contributed by atoms with Gasteiger partial charge in [-0.3, -0.25) is 4.99 Å². The van der Waals surface area contributed by atoms with Crippen molar-refractivity contribution in [3.05, 3.63) is 0 Å². The first-order chi connectivity index (χ1) is 12.2. The number of aliphatic imine (C=N–C) groups is 1. The molecule has 0 aromatic heterocycles. The van der Waals surface area contributed by atoms with Gasteiger partial charge in [-0.2, -0.15) is 0 Å². The van der Waals surface area contributed by atoms with Gasteiger partial charge in [-0.25, -0.2) is 0 Å². The van der Waals surface area contributed by atoms with E-state index in [2.05, 4.69) is 23.7 Å². The summed E-state index contributed by atoms with van der Waals surface area (Å²) >= 11 is 0. The maximum atomic E-state index is 5.66. The lowest BCUT2D eigenvalue weighted by Gasteiger charge is -2.19. The van der Waals surface area contributed by atoms with E-state index in [1.54, 1.807) is 0 Å². The third-order valence-corrected chi connectivity index (χ3v) is 5.36. The highest BCUT2D eigenvalue weighted by Crippen LogP contribution is 2.15. The van der Waals surface area contributed by atoms with Gasteiger partial charge >= 0.3 is 0 Å². The molecule has 0 fully saturated rings. The molecule has 0 amide bonds. The number of nitrogens with two attached hydrogens (primary N) is 1. The Morgan fingerprint density at radius 3 is 1.88 bits per heavy atom. The number of nitrogens with zero attached hydrogens (tertiary/aromatic N) is 2. The average Bonchev–Trinajstić information content (AvgIpc) is 3.02. The van der Waals surface area contributed by atoms with Crippen molar-refractivity contribution in [1.29, 1.82) is 0 Å². The zero-order valence-corrected chi connectivity index (χ0v) is 17.3. The molecule has 1 aliphatic heterocycles. The van der Waals surface area contributed by atoms with Crippen LogP contribution < -0.4 is 5.73 Å². The van der Waals surface area contributed by atoms with Gasteiger partial charge in [0.25, 0.3) is 0 Å². The topological polar surface area (TPSA) is 41.6 Å². The molecule has 0 aromatic carbocycles. The number of hydrogen-bond donors (Lipinski definition) is 1. The minimum absolute atomic E-state index is 0.747. The van der Waals surface area contributed by atoms with Crippen LogP contribution in [0.3, 0.4) is 0 Å². The minimum atomic E-state index is 0.747. The summed E-state index contributed by atoms with van der Waals surface area (Å²) in [5.74, 6) is 2.20. The van der Waals surface area contributed by atoms with E-state index in [0.717, 1.165) is 38.5 Å². The van der Waals surface area contributed by atoms with Gasteiger partial charge < -0.3 is 10.6 Å². The van der Waals surface area contributed by atoms with Crippen molar-refractivity contribution in [3.8, 4) is 0 Å². The highest BCUT2D eigenvalue weighted by Gasteiger charge is 2.14. The second kappa shape index (κ2) is 15.7. The molecule has 0 spiro atoms. The summed E-state index contributed by atoms with van der Waals surface area (Å²) in [4.78, 5) is 7.00. The summed E-state index contributed by atoms with van der Waals surface area (Å²) in [6.07, 6.45) is 19.7. The second-order valence-electron chi connectivity index (χ2n) is 8.25. The van der Waals surface area contributed by atoms with Crippen molar-refractivity contribution in [2.75, 3.05) is 26.2 Å². The number of unbranched alkanes of at least 4 members (excludes halogenated alkanes) is 11. The third kappa shape index (κ3) is 12.4. The van der Waals surface area contributed by atoms with E-state index < -0.39 is 0 Å². The Hall–Kier alpha value is -0.570. The molecule has 0 atom stereocenters. The molecule has 25 heavy (non-hydrogen) atoms. The zero-order valence-electron chi connectivity index (χ0n) is 17.3. The monoisotopic (exact) mass is 351 g/mol. The van der Waals surface area contributed by atoms with Crippen LogP contribution in [0.2, 0.25) is 0 Å². The SMILES string of the molecule is CC(C)CCCCCCCCCCCCCCC1=NCCN1CCN. The third-order valence-electron chi connectivity index (χ3n) is 5.36. The fourth-order valence-electron chi connectivity index (χ4n) is 3.77. The highest BCUT2D eigenvalue weighted by molar-refractivity contribution is 5.83. The lowest BCUT2D eigenvalue weighted by atomic mass is 10.0. The molecular weight excluding hydrogens is 306 g/mol. The largest absolute Gasteiger partial charge is 0.357 e.